The molecule has 0 aliphatic carbocycles. The Balaban J connectivity index is 1.27. The first-order valence-corrected chi connectivity index (χ1v) is 27.8. The summed E-state index contributed by atoms with van der Waals surface area (Å²) in [5.74, 6) is 2.07. The largest absolute Gasteiger partial charge is 0.457 e. The summed E-state index contributed by atoms with van der Waals surface area (Å²) in [7, 11) is 58.8. The van der Waals surface area contributed by atoms with E-state index in [1.807, 2.05) is 0 Å². The minimum absolute atomic E-state index is 0.665. The van der Waals surface area contributed by atoms with Crippen molar-refractivity contribution in [2.45, 2.75) is 0 Å². The Morgan fingerprint density at radius 2 is 0.468 bits per heavy atom. The fourth-order valence-electron chi connectivity index (χ4n) is 14.1. The molecule has 0 amide bonds. The first-order chi connectivity index (χ1) is 36.1. The van der Waals surface area contributed by atoms with Gasteiger partial charge in [-0.15, -0.1) is 43.7 Å². The van der Waals surface area contributed by atoms with Crippen molar-refractivity contribution in [3.05, 3.63) is 0 Å². The van der Waals surface area contributed by atoms with E-state index in [0.29, 0.717) is 17.5 Å². The Bertz CT molecular complexity index is 4520. The normalized spacial score (nSPS) is 11.9. The zero-order valence-corrected chi connectivity index (χ0v) is 51.1. The van der Waals surface area contributed by atoms with Crippen LogP contribution < -0.4 is 142 Å². The van der Waals surface area contributed by atoms with E-state index in [4.69, 9.17) is 23.8 Å². The average molecular weight is 962 g/mol. The van der Waals surface area contributed by atoms with Crippen LogP contribution in [0.5, 0.6) is 0 Å². The maximum atomic E-state index is 7.53. The Kier molecular flexibility index (Phi) is 12.6. The third-order valence-electron chi connectivity index (χ3n) is 20.9. The third kappa shape index (κ3) is 6.96. The van der Waals surface area contributed by atoms with Crippen molar-refractivity contribution in [1.29, 1.82) is 0 Å². The number of nitrogens with zero attached hydrogens (tertiary/aromatic N) is 4. The molecule has 11 aromatic rings. The molecule has 0 aliphatic heterocycles. The summed E-state index contributed by atoms with van der Waals surface area (Å²) in [4.78, 5) is 16.6. The van der Waals surface area contributed by atoms with Gasteiger partial charge in [-0.25, -0.2) is 15.0 Å². The summed E-state index contributed by atoms with van der Waals surface area (Å²) >= 11 is 0. The van der Waals surface area contributed by atoms with Gasteiger partial charge in [0, 0.05) is 54.8 Å². The molecule has 0 radical (unpaired) electrons. The molecular weight excluding hydrogens is 910 g/mol. The maximum Gasteiger partial charge on any atom is 0.163 e. The molecule has 0 spiro atoms. The van der Waals surface area contributed by atoms with Crippen molar-refractivity contribution in [1.82, 2.24) is 19.5 Å². The van der Waals surface area contributed by atoms with Gasteiger partial charge in [0.1, 0.15) is 221 Å². The number of hydrogen-bond acceptors (Lipinski definition) is 5. The molecule has 0 atom stereocenters. The van der Waals surface area contributed by atoms with Crippen molar-refractivity contribution in [3.8, 4) is 39.9 Å². The maximum absolute atomic E-state index is 7.53. The van der Waals surface area contributed by atoms with Crippen molar-refractivity contribution < 1.29 is 8.83 Å². The molecule has 32 heteroatoms. The van der Waals surface area contributed by atoms with Gasteiger partial charge in [-0.1, -0.05) is 87.4 Å². The topological polar surface area (TPSA) is 69.9 Å². The fourth-order valence-corrected chi connectivity index (χ4v) is 14.1. The molecule has 4 aromatic heterocycles. The van der Waals surface area contributed by atoms with E-state index in [1.165, 1.54) is 158 Å². The lowest BCUT2D eigenvalue weighted by Crippen LogP contribution is -2.55. The van der Waals surface area contributed by atoms with E-state index < -0.39 is 0 Å². The zero-order chi connectivity index (χ0) is 56.1. The first-order valence-electron chi connectivity index (χ1n) is 27.8. The van der Waals surface area contributed by atoms with Crippen LogP contribution in [0.25, 0.3) is 106 Å². The standard InChI is InChI=1S/C45H52B26N4O2/c46-10-2-1-11(47)22(58)30(66)33(69)36(1)75(37(2)42-6(13(10)49)5-14(50)23(59)31(67)34(70)40(5)77-42)38-32(68)15(51)4-3-12(48)16(52)9(21(57)39(3)76-41(4)35(38)71)45-73-43(7-17(53)24(60)28(64)25(61)18(7)54)72-44(74-45)8-19(55)26(62)29(65)27(63)20(8)56/h46-71H2. The van der Waals surface area contributed by atoms with Crippen LogP contribution in [0.3, 0.4) is 0 Å². The average Bonchev–Trinajstić information content (AvgIpc) is 4.33. The fraction of sp³-hybridized carbons (Fsp3) is 0. The summed E-state index contributed by atoms with van der Waals surface area (Å²) in [5.41, 5.74) is 42.7. The van der Waals surface area contributed by atoms with Gasteiger partial charge >= 0.3 is 0 Å². The van der Waals surface area contributed by atoms with Crippen LogP contribution in [-0.4, -0.2) is 224 Å². The monoisotopic (exact) mass is 967 g/mol. The van der Waals surface area contributed by atoms with Crippen molar-refractivity contribution >= 4 is 412 Å². The first kappa shape index (κ1) is 53.6. The van der Waals surface area contributed by atoms with E-state index in [2.05, 4.69) is 209 Å². The molecule has 0 aliphatic rings. The summed E-state index contributed by atoms with van der Waals surface area (Å²) in [6, 6.07) is 0. The Hall–Kier alpha value is -5.36. The number of rotatable bonds is 4. The lowest BCUT2D eigenvalue weighted by Gasteiger charge is -2.23. The van der Waals surface area contributed by atoms with Gasteiger partial charge in [-0.05, 0) is 16.3 Å². The van der Waals surface area contributed by atoms with Crippen LogP contribution in [0.1, 0.15) is 0 Å². The van der Waals surface area contributed by atoms with Gasteiger partial charge in [0.2, 0.25) is 0 Å². The van der Waals surface area contributed by atoms with Gasteiger partial charge in [-0.2, -0.15) is 0 Å². The number of aromatic nitrogens is 4. The summed E-state index contributed by atoms with van der Waals surface area (Å²) in [6.45, 7) is 0. The predicted molar refractivity (Wildman–Crippen MR) is 418 cm³/mol. The van der Waals surface area contributed by atoms with Gasteiger partial charge in [0.05, 0.1) is 5.52 Å². The molecule has 0 N–H and O–H groups in total. The summed E-state index contributed by atoms with van der Waals surface area (Å²) < 4.78 is 17.5. The molecule has 11 rings (SSSR count). The molecule has 0 bridgehead atoms. The number of furan rings is 2. The SMILES string of the molecule is Bc1c(B)c(B)c(-c2nc(-c3c(B)c(B)c(B)c(B)c3B)nc(-c3c(B)c(B)c4c(oc5c(B)c(-n6c7c(B)c(B)c(B)c(B)c7c7c(B)c(B)c8c(oc9c(B)c(B)c(B)c(B)c98)c76)c(B)c(B)c54)c3B)n2)c(B)c1B. The molecule has 7 aromatic carbocycles. The van der Waals surface area contributed by atoms with E-state index >= 15 is 0 Å². The van der Waals surface area contributed by atoms with E-state index in [0.717, 1.165) is 72.0 Å². The Labute approximate surface area is 476 Å². The summed E-state index contributed by atoms with van der Waals surface area (Å²) in [6.07, 6.45) is 0. The van der Waals surface area contributed by atoms with Crippen LogP contribution in [0.4, 0.5) is 0 Å². The highest BCUT2D eigenvalue weighted by Crippen LogP contribution is 2.37. The van der Waals surface area contributed by atoms with Crippen LogP contribution in [0.15, 0.2) is 8.83 Å². The highest BCUT2D eigenvalue weighted by molar-refractivity contribution is 6.74. The number of fused-ring (bicyclic) bond motifs is 10. The highest BCUT2D eigenvalue weighted by Gasteiger charge is 2.32. The quantitative estimate of drug-likeness (QED) is 0.164. The molecule has 77 heavy (non-hydrogen) atoms. The molecular formula is C45H52B26N4O2. The van der Waals surface area contributed by atoms with Gasteiger partial charge in [-0.3, -0.25) is 0 Å². The minimum atomic E-state index is 0.665. The molecule has 6 nitrogen and oxygen atoms in total. The van der Waals surface area contributed by atoms with E-state index in [-0.39, 0.29) is 0 Å². The van der Waals surface area contributed by atoms with Gasteiger partial charge in [0.15, 0.2) is 23.1 Å². The highest BCUT2D eigenvalue weighted by atomic mass is 16.3. The Morgan fingerprint density at radius 1 is 0.208 bits per heavy atom. The van der Waals surface area contributed by atoms with Crippen LogP contribution in [0, 0.1) is 0 Å². The lowest BCUT2D eigenvalue weighted by molar-refractivity contribution is 0.673. The van der Waals surface area contributed by atoms with Crippen LogP contribution >= 0.6 is 0 Å². The van der Waals surface area contributed by atoms with E-state index in [1.54, 1.807) is 0 Å². The van der Waals surface area contributed by atoms with E-state index in [9.17, 15) is 0 Å². The van der Waals surface area contributed by atoms with Gasteiger partial charge in [0.25, 0.3) is 0 Å². The molecule has 0 fully saturated rings. The van der Waals surface area contributed by atoms with Crippen molar-refractivity contribution in [3.63, 3.8) is 0 Å². The molecule has 0 saturated carbocycles. The molecule has 4 heterocycles. The lowest BCUT2D eigenvalue weighted by atomic mass is 9.60. The van der Waals surface area contributed by atoms with Crippen LogP contribution in [-0.2, 0) is 0 Å². The van der Waals surface area contributed by atoms with Crippen LogP contribution in [0.2, 0.25) is 0 Å². The van der Waals surface area contributed by atoms with Gasteiger partial charge < -0.3 is 13.4 Å². The second-order valence-electron chi connectivity index (χ2n) is 23.8. The van der Waals surface area contributed by atoms with Crippen molar-refractivity contribution in [2.24, 2.45) is 0 Å². The number of benzene rings is 7. The second kappa shape index (κ2) is 18.1. The predicted octanol–water partition coefficient (Wildman–Crippen LogP) is -33.5. The minimum Gasteiger partial charge on any atom is -0.457 e. The zero-order valence-electron chi connectivity index (χ0n) is 51.1. The number of hydrogen-bond donors (Lipinski definition) is 0. The molecule has 0 saturated heterocycles. The third-order valence-corrected chi connectivity index (χ3v) is 20.9. The molecule has 0 unspecified atom stereocenters. The van der Waals surface area contributed by atoms with Crippen molar-refractivity contribution in [2.75, 3.05) is 0 Å². The smallest absolute Gasteiger partial charge is 0.163 e. The summed E-state index contributed by atoms with van der Waals surface area (Å²) in [5, 5.41) is 7.34. The molecule has 342 valence electrons. The second-order valence-corrected chi connectivity index (χ2v) is 23.8. The Morgan fingerprint density at radius 3 is 0.935 bits per heavy atom.